The zero-order valence-electron chi connectivity index (χ0n) is 12.2. The fourth-order valence-electron chi connectivity index (χ4n) is 3.58. The molecule has 0 radical (unpaired) electrons. The number of nitrogens with one attached hydrogen (secondary N) is 1. The minimum Gasteiger partial charge on any atom is -0.467 e. The van der Waals surface area contributed by atoms with Crippen molar-refractivity contribution in [3.8, 4) is 0 Å². The van der Waals surface area contributed by atoms with E-state index in [0.29, 0.717) is 5.92 Å². The lowest BCUT2D eigenvalue weighted by atomic mass is 9.89. The van der Waals surface area contributed by atoms with E-state index in [-0.39, 0.29) is 11.9 Å². The van der Waals surface area contributed by atoms with Gasteiger partial charge in [0.2, 0.25) is 5.91 Å². The summed E-state index contributed by atoms with van der Waals surface area (Å²) in [6, 6.07) is 1.68. The van der Waals surface area contributed by atoms with Crippen molar-refractivity contribution in [1.82, 2.24) is 10.2 Å². The summed E-state index contributed by atoms with van der Waals surface area (Å²) in [6.07, 6.45) is 9.15. The lowest BCUT2D eigenvalue weighted by Crippen LogP contribution is -2.41. The average Bonchev–Trinajstić information content (AvgIpc) is 2.89. The Labute approximate surface area is 120 Å². The summed E-state index contributed by atoms with van der Waals surface area (Å²) in [5.41, 5.74) is 1.17. The first-order valence-electron chi connectivity index (χ1n) is 7.82. The van der Waals surface area contributed by atoms with Crippen molar-refractivity contribution < 1.29 is 9.21 Å². The molecule has 20 heavy (non-hydrogen) atoms. The number of hydrogen-bond donors (Lipinski definition) is 1. The van der Waals surface area contributed by atoms with Gasteiger partial charge in [-0.05, 0) is 43.9 Å². The van der Waals surface area contributed by atoms with Crippen LogP contribution in [0.2, 0.25) is 0 Å². The van der Waals surface area contributed by atoms with Gasteiger partial charge in [0.1, 0.15) is 11.8 Å². The molecule has 0 spiro atoms. The molecule has 3 rings (SSSR count). The van der Waals surface area contributed by atoms with Crippen molar-refractivity contribution in [2.24, 2.45) is 5.92 Å². The first kappa shape index (κ1) is 13.7. The Morgan fingerprint density at radius 2 is 2.15 bits per heavy atom. The monoisotopic (exact) mass is 276 g/mol. The molecule has 0 saturated heterocycles. The summed E-state index contributed by atoms with van der Waals surface area (Å²) < 4.78 is 5.54. The maximum absolute atomic E-state index is 12.7. The van der Waals surface area contributed by atoms with E-state index in [1.54, 1.807) is 6.26 Å². The van der Waals surface area contributed by atoms with Crippen LogP contribution >= 0.6 is 0 Å². The van der Waals surface area contributed by atoms with E-state index in [0.717, 1.165) is 25.3 Å². The largest absolute Gasteiger partial charge is 0.467 e. The molecular formula is C16H24N2O2. The molecule has 1 fully saturated rings. The summed E-state index contributed by atoms with van der Waals surface area (Å²) in [6.45, 7) is 1.74. The molecule has 1 aliphatic heterocycles. The van der Waals surface area contributed by atoms with E-state index in [4.69, 9.17) is 4.42 Å². The Kier molecular flexibility index (Phi) is 4.10. The number of likely N-dealkylation sites (N-methyl/N-ethyl adjacent to an activating group) is 1. The Bertz CT molecular complexity index is 463. The number of fused-ring (bicyclic) bond motifs is 1. The highest BCUT2D eigenvalue weighted by Gasteiger charge is 2.33. The molecule has 2 heterocycles. The lowest BCUT2D eigenvalue weighted by molar-refractivity contribution is -0.134. The molecule has 1 aromatic rings. The molecule has 110 valence electrons. The van der Waals surface area contributed by atoms with E-state index in [1.165, 1.54) is 37.7 Å². The number of carbonyl (C=O) groups excluding carboxylic acids is 1. The summed E-state index contributed by atoms with van der Waals surface area (Å²) >= 11 is 0. The molecule has 1 amide bonds. The fraction of sp³-hybridized carbons (Fsp3) is 0.688. The second-order valence-corrected chi connectivity index (χ2v) is 6.07. The van der Waals surface area contributed by atoms with Gasteiger partial charge in [0, 0.05) is 13.1 Å². The van der Waals surface area contributed by atoms with Crippen LogP contribution in [0.3, 0.4) is 0 Å². The van der Waals surface area contributed by atoms with Crippen molar-refractivity contribution in [3.63, 3.8) is 0 Å². The van der Waals surface area contributed by atoms with Crippen LogP contribution in [-0.4, -0.2) is 30.9 Å². The second kappa shape index (κ2) is 6.00. The van der Waals surface area contributed by atoms with Gasteiger partial charge in [0.05, 0.1) is 6.26 Å². The molecule has 1 unspecified atom stereocenters. The molecule has 1 aliphatic carbocycles. The number of hydrogen-bond acceptors (Lipinski definition) is 3. The van der Waals surface area contributed by atoms with E-state index in [1.807, 2.05) is 18.0 Å². The second-order valence-electron chi connectivity index (χ2n) is 6.07. The van der Waals surface area contributed by atoms with Gasteiger partial charge >= 0.3 is 0 Å². The number of furan rings is 1. The maximum atomic E-state index is 12.7. The lowest BCUT2D eigenvalue weighted by Gasteiger charge is -2.30. The normalized spacial score (nSPS) is 24.6. The van der Waals surface area contributed by atoms with Crippen LogP contribution in [0.1, 0.15) is 49.5 Å². The molecule has 1 aromatic heterocycles. The molecule has 4 heteroatoms. The highest BCUT2D eigenvalue weighted by molar-refractivity contribution is 5.83. The van der Waals surface area contributed by atoms with Gasteiger partial charge in [-0.15, -0.1) is 0 Å². The van der Waals surface area contributed by atoms with Crippen LogP contribution in [0.25, 0.3) is 0 Å². The van der Waals surface area contributed by atoms with E-state index in [9.17, 15) is 4.79 Å². The van der Waals surface area contributed by atoms with Crippen LogP contribution in [0.5, 0.6) is 0 Å². The SMILES string of the molecule is CNC1C(=O)N(CC2CCCCC2)CCc2ccoc21. The zero-order chi connectivity index (χ0) is 13.9. The number of amides is 1. The highest BCUT2D eigenvalue weighted by Crippen LogP contribution is 2.29. The van der Waals surface area contributed by atoms with Crippen molar-refractivity contribution in [3.05, 3.63) is 23.7 Å². The average molecular weight is 276 g/mol. The third kappa shape index (κ3) is 2.62. The quantitative estimate of drug-likeness (QED) is 0.922. The van der Waals surface area contributed by atoms with Gasteiger partial charge in [0.25, 0.3) is 0 Å². The minimum atomic E-state index is -0.314. The third-order valence-corrected chi connectivity index (χ3v) is 4.74. The van der Waals surface area contributed by atoms with E-state index in [2.05, 4.69) is 5.32 Å². The van der Waals surface area contributed by atoms with Crippen LogP contribution in [-0.2, 0) is 11.2 Å². The molecule has 1 atom stereocenters. The van der Waals surface area contributed by atoms with Crippen molar-refractivity contribution in [1.29, 1.82) is 0 Å². The molecule has 2 aliphatic rings. The summed E-state index contributed by atoms with van der Waals surface area (Å²) in [4.78, 5) is 14.8. The van der Waals surface area contributed by atoms with Gasteiger partial charge < -0.3 is 14.6 Å². The highest BCUT2D eigenvalue weighted by atomic mass is 16.3. The number of carbonyl (C=O) groups is 1. The van der Waals surface area contributed by atoms with Gasteiger partial charge in [-0.1, -0.05) is 19.3 Å². The summed E-state index contributed by atoms with van der Waals surface area (Å²) in [7, 11) is 1.83. The van der Waals surface area contributed by atoms with Crippen molar-refractivity contribution >= 4 is 5.91 Å². The van der Waals surface area contributed by atoms with Crippen molar-refractivity contribution in [2.75, 3.05) is 20.1 Å². The zero-order valence-corrected chi connectivity index (χ0v) is 12.2. The Morgan fingerprint density at radius 3 is 2.90 bits per heavy atom. The van der Waals surface area contributed by atoms with Crippen LogP contribution < -0.4 is 5.32 Å². The topological polar surface area (TPSA) is 45.5 Å². The van der Waals surface area contributed by atoms with Crippen LogP contribution in [0.4, 0.5) is 0 Å². The first-order chi connectivity index (χ1) is 9.79. The summed E-state index contributed by atoms with van der Waals surface area (Å²) in [5, 5.41) is 3.12. The third-order valence-electron chi connectivity index (χ3n) is 4.74. The first-order valence-corrected chi connectivity index (χ1v) is 7.82. The Balaban J connectivity index is 1.73. The van der Waals surface area contributed by atoms with Gasteiger partial charge in [-0.2, -0.15) is 0 Å². The van der Waals surface area contributed by atoms with Gasteiger partial charge in [-0.3, -0.25) is 4.79 Å². The molecule has 0 aromatic carbocycles. The van der Waals surface area contributed by atoms with Crippen LogP contribution in [0, 0.1) is 5.92 Å². The van der Waals surface area contributed by atoms with E-state index >= 15 is 0 Å². The number of rotatable bonds is 3. The predicted octanol–water partition coefficient (Wildman–Crippen LogP) is 2.51. The minimum absolute atomic E-state index is 0.173. The number of nitrogens with zero attached hydrogens (tertiary/aromatic N) is 1. The molecule has 1 saturated carbocycles. The van der Waals surface area contributed by atoms with Gasteiger partial charge in [0.15, 0.2) is 0 Å². The van der Waals surface area contributed by atoms with Crippen LogP contribution in [0.15, 0.2) is 16.7 Å². The smallest absolute Gasteiger partial charge is 0.247 e. The molecular weight excluding hydrogens is 252 g/mol. The molecule has 4 nitrogen and oxygen atoms in total. The fourth-order valence-corrected chi connectivity index (χ4v) is 3.58. The Morgan fingerprint density at radius 1 is 1.35 bits per heavy atom. The Hall–Kier alpha value is -1.29. The predicted molar refractivity (Wildman–Crippen MR) is 77.4 cm³/mol. The molecule has 1 N–H and O–H groups in total. The van der Waals surface area contributed by atoms with Gasteiger partial charge in [-0.25, -0.2) is 0 Å². The maximum Gasteiger partial charge on any atom is 0.247 e. The van der Waals surface area contributed by atoms with E-state index < -0.39 is 0 Å². The van der Waals surface area contributed by atoms with Crippen molar-refractivity contribution in [2.45, 2.75) is 44.6 Å². The standard InChI is InChI=1S/C16H24N2O2/c1-17-14-15-13(8-10-20-15)7-9-18(16(14)19)11-12-5-3-2-4-6-12/h8,10,12,14,17H,2-7,9,11H2,1H3. The summed E-state index contributed by atoms with van der Waals surface area (Å²) in [5.74, 6) is 1.67. The molecule has 0 bridgehead atoms.